The van der Waals surface area contributed by atoms with Crippen LogP contribution in [0.5, 0.6) is 0 Å². The van der Waals surface area contributed by atoms with E-state index in [1.165, 1.54) is 45.3 Å². The van der Waals surface area contributed by atoms with E-state index < -0.39 is 0 Å². The van der Waals surface area contributed by atoms with Gasteiger partial charge in [-0.3, -0.25) is 4.79 Å². The molecule has 4 heteroatoms. The Bertz CT molecular complexity index is 321. The molecule has 4 nitrogen and oxygen atoms in total. The summed E-state index contributed by atoms with van der Waals surface area (Å²) >= 11 is 0. The van der Waals surface area contributed by atoms with Gasteiger partial charge in [0.05, 0.1) is 0 Å². The van der Waals surface area contributed by atoms with Crippen molar-refractivity contribution in [1.82, 2.24) is 15.1 Å². The first-order valence-corrected chi connectivity index (χ1v) is 8.34. The summed E-state index contributed by atoms with van der Waals surface area (Å²) in [6.07, 6.45) is 6.75. The van der Waals surface area contributed by atoms with E-state index >= 15 is 0 Å². The van der Waals surface area contributed by atoms with Crippen LogP contribution in [0.2, 0.25) is 0 Å². The standard InChI is InChI=1S/C16H31N3O/c1-3-6-15(20)19-12-8-16(14-19)7-11-18(13-16)10-5-4-9-17-2/h17H,3-14H2,1-2H3. The fourth-order valence-corrected chi connectivity index (χ4v) is 3.71. The molecular weight excluding hydrogens is 250 g/mol. The van der Waals surface area contributed by atoms with E-state index in [2.05, 4.69) is 22.0 Å². The van der Waals surface area contributed by atoms with E-state index in [4.69, 9.17) is 0 Å². The monoisotopic (exact) mass is 281 g/mol. The highest BCUT2D eigenvalue weighted by Crippen LogP contribution is 2.39. The molecule has 0 radical (unpaired) electrons. The van der Waals surface area contributed by atoms with Gasteiger partial charge in [0.1, 0.15) is 0 Å². The number of nitrogens with zero attached hydrogens (tertiary/aromatic N) is 2. The summed E-state index contributed by atoms with van der Waals surface area (Å²) in [6.45, 7) is 8.89. The van der Waals surface area contributed by atoms with Crippen molar-refractivity contribution in [2.45, 2.75) is 45.4 Å². The minimum Gasteiger partial charge on any atom is -0.342 e. The lowest BCUT2D eigenvalue weighted by molar-refractivity contribution is -0.130. The fraction of sp³-hybridized carbons (Fsp3) is 0.938. The zero-order valence-corrected chi connectivity index (χ0v) is 13.3. The molecule has 1 spiro atoms. The average molecular weight is 281 g/mol. The molecule has 0 aliphatic carbocycles. The second kappa shape index (κ2) is 7.41. The smallest absolute Gasteiger partial charge is 0.222 e. The molecule has 0 saturated carbocycles. The van der Waals surface area contributed by atoms with Crippen molar-refractivity contribution in [3.05, 3.63) is 0 Å². The SMILES string of the molecule is CCCC(=O)N1CCC2(CCN(CCCCNC)C2)C1. The highest BCUT2D eigenvalue weighted by Gasteiger charge is 2.44. The molecule has 20 heavy (non-hydrogen) atoms. The van der Waals surface area contributed by atoms with Crippen LogP contribution in [0.1, 0.15) is 45.4 Å². The number of hydrogen-bond acceptors (Lipinski definition) is 3. The average Bonchev–Trinajstić information content (AvgIpc) is 3.03. The Kier molecular flexibility index (Phi) is 5.85. The summed E-state index contributed by atoms with van der Waals surface area (Å²) in [7, 11) is 2.02. The van der Waals surface area contributed by atoms with Crippen molar-refractivity contribution in [2.24, 2.45) is 5.41 Å². The van der Waals surface area contributed by atoms with E-state index in [-0.39, 0.29) is 0 Å². The molecule has 2 fully saturated rings. The summed E-state index contributed by atoms with van der Waals surface area (Å²) in [5.41, 5.74) is 0.423. The Hall–Kier alpha value is -0.610. The molecule has 1 N–H and O–H groups in total. The Morgan fingerprint density at radius 1 is 1.20 bits per heavy atom. The van der Waals surface area contributed by atoms with Crippen LogP contribution in [0.15, 0.2) is 0 Å². The Balaban J connectivity index is 1.73. The minimum atomic E-state index is 0.372. The van der Waals surface area contributed by atoms with Crippen molar-refractivity contribution >= 4 is 5.91 Å². The summed E-state index contributed by atoms with van der Waals surface area (Å²) in [6, 6.07) is 0. The van der Waals surface area contributed by atoms with E-state index in [9.17, 15) is 4.79 Å². The molecule has 0 aromatic carbocycles. The van der Waals surface area contributed by atoms with Crippen molar-refractivity contribution in [3.8, 4) is 0 Å². The van der Waals surface area contributed by atoms with Crippen LogP contribution in [-0.2, 0) is 4.79 Å². The number of amides is 1. The first kappa shape index (κ1) is 15.8. The third-order valence-electron chi connectivity index (χ3n) is 4.92. The molecular formula is C16H31N3O. The second-order valence-corrected chi connectivity index (χ2v) is 6.65. The summed E-state index contributed by atoms with van der Waals surface area (Å²) in [5.74, 6) is 0.372. The fourth-order valence-electron chi connectivity index (χ4n) is 3.71. The molecule has 2 aliphatic rings. The largest absolute Gasteiger partial charge is 0.342 e. The van der Waals surface area contributed by atoms with Gasteiger partial charge in [-0.05, 0) is 58.8 Å². The summed E-state index contributed by atoms with van der Waals surface area (Å²) in [5, 5.41) is 3.21. The minimum absolute atomic E-state index is 0.372. The third kappa shape index (κ3) is 3.95. The van der Waals surface area contributed by atoms with Gasteiger partial charge in [0.15, 0.2) is 0 Å². The normalized spacial score (nSPS) is 26.8. The van der Waals surface area contributed by atoms with Gasteiger partial charge in [-0.2, -0.15) is 0 Å². The molecule has 1 amide bonds. The zero-order chi connectivity index (χ0) is 14.4. The molecule has 2 rings (SSSR count). The lowest BCUT2D eigenvalue weighted by Crippen LogP contribution is -2.34. The predicted molar refractivity (Wildman–Crippen MR) is 82.8 cm³/mol. The van der Waals surface area contributed by atoms with Gasteiger partial charge in [-0.1, -0.05) is 6.92 Å². The van der Waals surface area contributed by atoms with Crippen molar-refractivity contribution in [3.63, 3.8) is 0 Å². The summed E-state index contributed by atoms with van der Waals surface area (Å²) in [4.78, 5) is 16.7. The highest BCUT2D eigenvalue weighted by atomic mass is 16.2. The molecule has 0 bridgehead atoms. The van der Waals surface area contributed by atoms with Crippen LogP contribution in [0.25, 0.3) is 0 Å². The van der Waals surface area contributed by atoms with Gasteiger partial charge in [-0.25, -0.2) is 0 Å². The van der Waals surface area contributed by atoms with Crippen LogP contribution in [-0.4, -0.2) is 62.0 Å². The van der Waals surface area contributed by atoms with Crippen LogP contribution in [0.3, 0.4) is 0 Å². The second-order valence-electron chi connectivity index (χ2n) is 6.65. The molecule has 2 aliphatic heterocycles. The highest BCUT2D eigenvalue weighted by molar-refractivity contribution is 5.76. The molecule has 0 aromatic rings. The zero-order valence-electron chi connectivity index (χ0n) is 13.3. The summed E-state index contributed by atoms with van der Waals surface area (Å²) < 4.78 is 0. The first-order valence-electron chi connectivity index (χ1n) is 8.34. The molecule has 116 valence electrons. The van der Waals surface area contributed by atoms with E-state index in [1.807, 2.05) is 7.05 Å². The van der Waals surface area contributed by atoms with Crippen LogP contribution >= 0.6 is 0 Å². The molecule has 1 unspecified atom stereocenters. The van der Waals surface area contributed by atoms with Gasteiger partial charge < -0.3 is 15.1 Å². The molecule has 2 saturated heterocycles. The molecule has 0 aromatic heterocycles. The first-order chi connectivity index (χ1) is 9.69. The van der Waals surface area contributed by atoms with Crippen LogP contribution < -0.4 is 5.32 Å². The van der Waals surface area contributed by atoms with Crippen molar-refractivity contribution < 1.29 is 4.79 Å². The molecule has 1 atom stereocenters. The molecule has 2 heterocycles. The van der Waals surface area contributed by atoms with Crippen LogP contribution in [0, 0.1) is 5.41 Å². The Labute approximate surface area is 123 Å². The quantitative estimate of drug-likeness (QED) is 0.722. The predicted octanol–water partition coefficient (Wildman–Crippen LogP) is 1.71. The van der Waals surface area contributed by atoms with E-state index in [0.29, 0.717) is 11.3 Å². The van der Waals surface area contributed by atoms with Crippen LogP contribution in [0.4, 0.5) is 0 Å². The lowest BCUT2D eigenvalue weighted by Gasteiger charge is -2.25. The number of nitrogens with one attached hydrogen (secondary N) is 1. The van der Waals surface area contributed by atoms with Gasteiger partial charge >= 0.3 is 0 Å². The number of carbonyl (C=O) groups excluding carboxylic acids is 1. The van der Waals surface area contributed by atoms with Gasteiger partial charge in [0, 0.05) is 31.5 Å². The van der Waals surface area contributed by atoms with Crippen molar-refractivity contribution in [2.75, 3.05) is 46.3 Å². The number of unbranched alkanes of at least 4 members (excludes halogenated alkanes) is 1. The Morgan fingerprint density at radius 3 is 2.75 bits per heavy atom. The van der Waals surface area contributed by atoms with E-state index in [0.717, 1.165) is 32.5 Å². The van der Waals surface area contributed by atoms with Gasteiger partial charge in [0.25, 0.3) is 0 Å². The van der Waals surface area contributed by atoms with Crippen molar-refractivity contribution in [1.29, 1.82) is 0 Å². The topological polar surface area (TPSA) is 35.6 Å². The maximum absolute atomic E-state index is 12.0. The number of carbonyl (C=O) groups is 1. The lowest BCUT2D eigenvalue weighted by atomic mass is 9.86. The Morgan fingerprint density at radius 2 is 2.00 bits per heavy atom. The van der Waals surface area contributed by atoms with Gasteiger partial charge in [-0.15, -0.1) is 0 Å². The number of rotatable bonds is 7. The number of hydrogen-bond donors (Lipinski definition) is 1. The third-order valence-corrected chi connectivity index (χ3v) is 4.92. The van der Waals surface area contributed by atoms with Gasteiger partial charge in [0.2, 0.25) is 5.91 Å². The maximum Gasteiger partial charge on any atom is 0.222 e. The van der Waals surface area contributed by atoms with E-state index in [1.54, 1.807) is 0 Å². The maximum atomic E-state index is 12.0. The number of likely N-dealkylation sites (tertiary alicyclic amines) is 2.